The molecule has 2 nitrogen and oxygen atoms in total. The highest BCUT2D eigenvalue weighted by molar-refractivity contribution is 7.80. The largest absolute Gasteiger partial charge is 0.397 e. The number of rotatable bonds is 2. The maximum atomic E-state index is 11.1. The number of halogens is 1. The summed E-state index contributed by atoms with van der Waals surface area (Å²) in [4.78, 5) is 11.7. The van der Waals surface area contributed by atoms with Gasteiger partial charge < -0.3 is 5.73 Å². The van der Waals surface area contributed by atoms with Crippen LogP contribution >= 0.6 is 24.2 Å². The minimum atomic E-state index is -0.176. The van der Waals surface area contributed by atoms with Gasteiger partial charge in [-0.05, 0) is 12.1 Å². The molecule has 0 spiro atoms. The number of hydrogen-bond donors (Lipinski definition) is 2. The number of para-hydroxylation sites is 1. The maximum Gasteiger partial charge on any atom is 0.179 e. The number of alkyl halides is 1. The Bertz CT molecular complexity index is 314. The van der Waals surface area contributed by atoms with Crippen LogP contribution in [0.5, 0.6) is 0 Å². The number of anilines is 1. The highest BCUT2D eigenvalue weighted by atomic mass is 35.5. The van der Waals surface area contributed by atoms with Crippen LogP contribution < -0.4 is 5.73 Å². The van der Waals surface area contributed by atoms with Crippen molar-refractivity contribution in [1.82, 2.24) is 0 Å². The lowest BCUT2D eigenvalue weighted by molar-refractivity contribution is 0.102. The third-order valence-corrected chi connectivity index (χ3v) is 2.14. The van der Waals surface area contributed by atoms with Crippen molar-refractivity contribution in [3.63, 3.8) is 0 Å². The van der Waals surface area contributed by atoms with Crippen molar-refractivity contribution in [2.45, 2.75) is 4.90 Å². The lowest BCUT2D eigenvalue weighted by atomic mass is 10.1. The molecule has 0 aliphatic heterocycles. The highest BCUT2D eigenvalue weighted by Gasteiger charge is 2.08. The molecule has 0 atom stereocenters. The molecule has 0 saturated carbocycles. The Morgan fingerprint density at radius 1 is 1.58 bits per heavy atom. The van der Waals surface area contributed by atoms with Gasteiger partial charge in [0.2, 0.25) is 0 Å². The van der Waals surface area contributed by atoms with Gasteiger partial charge in [-0.3, -0.25) is 4.79 Å². The second-order valence-electron chi connectivity index (χ2n) is 2.30. The average Bonchev–Trinajstić information content (AvgIpc) is 2.08. The molecule has 0 aliphatic rings. The number of ketones is 1. The summed E-state index contributed by atoms with van der Waals surface area (Å²) >= 11 is 9.46. The Kier molecular flexibility index (Phi) is 3.00. The van der Waals surface area contributed by atoms with Crippen molar-refractivity contribution in [2.24, 2.45) is 0 Å². The molecule has 4 heteroatoms. The zero-order valence-electron chi connectivity index (χ0n) is 6.25. The summed E-state index contributed by atoms with van der Waals surface area (Å²) < 4.78 is 0. The first-order valence-electron chi connectivity index (χ1n) is 3.33. The minimum absolute atomic E-state index is 0.0541. The van der Waals surface area contributed by atoms with Crippen molar-refractivity contribution >= 4 is 35.7 Å². The number of carbonyl (C=O) groups excluding carboxylic acids is 1. The Morgan fingerprint density at radius 3 is 2.83 bits per heavy atom. The van der Waals surface area contributed by atoms with E-state index in [2.05, 4.69) is 12.6 Å². The predicted octanol–water partition coefficient (Wildman–Crippen LogP) is 1.98. The van der Waals surface area contributed by atoms with Gasteiger partial charge in [-0.1, -0.05) is 6.07 Å². The summed E-state index contributed by atoms with van der Waals surface area (Å²) in [7, 11) is 0. The monoisotopic (exact) mass is 201 g/mol. The van der Waals surface area contributed by atoms with Crippen molar-refractivity contribution in [3.8, 4) is 0 Å². The molecule has 0 saturated heterocycles. The van der Waals surface area contributed by atoms with E-state index < -0.39 is 0 Å². The van der Waals surface area contributed by atoms with E-state index in [1.807, 2.05) is 0 Å². The molecule has 0 unspecified atom stereocenters. The number of nitrogen functional groups attached to an aromatic ring is 1. The molecule has 2 N–H and O–H groups in total. The Hall–Kier alpha value is -0.670. The molecule has 0 aliphatic carbocycles. The quantitative estimate of drug-likeness (QED) is 0.333. The van der Waals surface area contributed by atoms with Gasteiger partial charge in [0.1, 0.15) is 0 Å². The lowest BCUT2D eigenvalue weighted by Crippen LogP contribution is -2.05. The maximum absolute atomic E-state index is 11.1. The molecule has 0 fully saturated rings. The highest BCUT2D eigenvalue weighted by Crippen LogP contribution is 2.21. The molecule has 0 heterocycles. The number of nitrogens with two attached hydrogens (primary N) is 1. The topological polar surface area (TPSA) is 43.1 Å². The van der Waals surface area contributed by atoms with Gasteiger partial charge >= 0.3 is 0 Å². The van der Waals surface area contributed by atoms with Gasteiger partial charge in [0.15, 0.2) is 5.78 Å². The zero-order chi connectivity index (χ0) is 9.14. The van der Waals surface area contributed by atoms with E-state index in [9.17, 15) is 4.79 Å². The summed E-state index contributed by atoms with van der Waals surface area (Å²) in [5.74, 6) is -0.230. The third kappa shape index (κ3) is 1.73. The summed E-state index contributed by atoms with van der Waals surface area (Å²) in [6.45, 7) is 0. The Morgan fingerprint density at radius 2 is 2.25 bits per heavy atom. The summed E-state index contributed by atoms with van der Waals surface area (Å²) in [6, 6.07) is 5.09. The van der Waals surface area contributed by atoms with Crippen LogP contribution in [-0.4, -0.2) is 11.7 Å². The van der Waals surface area contributed by atoms with Crippen molar-refractivity contribution < 1.29 is 4.79 Å². The summed E-state index contributed by atoms with van der Waals surface area (Å²) in [5, 5.41) is 0. The smallest absolute Gasteiger partial charge is 0.179 e. The van der Waals surface area contributed by atoms with E-state index >= 15 is 0 Å². The number of benzene rings is 1. The van der Waals surface area contributed by atoms with E-state index in [4.69, 9.17) is 17.3 Å². The third-order valence-electron chi connectivity index (χ3n) is 1.50. The molecule has 1 aromatic rings. The summed E-state index contributed by atoms with van der Waals surface area (Å²) in [5.41, 5.74) is 6.44. The molecule has 0 aromatic heterocycles. The first-order chi connectivity index (χ1) is 5.66. The van der Waals surface area contributed by atoms with Crippen LogP contribution in [0.2, 0.25) is 0 Å². The second-order valence-corrected chi connectivity index (χ2v) is 3.04. The van der Waals surface area contributed by atoms with Crippen molar-refractivity contribution in [1.29, 1.82) is 0 Å². The normalized spacial score (nSPS) is 9.83. The van der Waals surface area contributed by atoms with Gasteiger partial charge in [0, 0.05) is 10.5 Å². The molecule has 0 bridgehead atoms. The minimum Gasteiger partial charge on any atom is -0.397 e. The average molecular weight is 202 g/mol. The van der Waals surface area contributed by atoms with Crippen LogP contribution in [-0.2, 0) is 0 Å². The summed E-state index contributed by atoms with van der Waals surface area (Å²) in [6.07, 6.45) is 0. The number of hydrogen-bond acceptors (Lipinski definition) is 3. The lowest BCUT2D eigenvalue weighted by Gasteiger charge is -2.03. The van der Waals surface area contributed by atoms with Crippen LogP contribution in [0.25, 0.3) is 0 Å². The molecule has 1 aromatic carbocycles. The fourth-order valence-corrected chi connectivity index (χ4v) is 1.22. The van der Waals surface area contributed by atoms with E-state index in [1.54, 1.807) is 18.2 Å². The predicted molar refractivity (Wildman–Crippen MR) is 53.2 cm³/mol. The first-order valence-corrected chi connectivity index (χ1v) is 4.31. The standard InChI is InChI=1S/C8H8ClNOS/c9-4-6(11)5-2-1-3-7(12)8(5)10/h1-3,12H,4,10H2. The molecule has 1 rings (SSSR count). The van der Waals surface area contributed by atoms with Gasteiger partial charge in [-0.15, -0.1) is 24.2 Å². The van der Waals surface area contributed by atoms with Gasteiger partial charge in [-0.2, -0.15) is 0 Å². The van der Waals surface area contributed by atoms with Gasteiger partial charge in [0.25, 0.3) is 0 Å². The van der Waals surface area contributed by atoms with E-state index in [1.165, 1.54) is 0 Å². The van der Waals surface area contributed by atoms with Crippen LogP contribution in [0.3, 0.4) is 0 Å². The Balaban J connectivity index is 3.16. The van der Waals surface area contributed by atoms with E-state index in [0.717, 1.165) is 0 Å². The molecule has 12 heavy (non-hydrogen) atoms. The van der Waals surface area contributed by atoms with Gasteiger partial charge in [0.05, 0.1) is 11.6 Å². The molecule has 0 amide bonds. The SMILES string of the molecule is Nc1c(S)cccc1C(=O)CCl. The van der Waals surface area contributed by atoms with Crippen LogP contribution in [0.4, 0.5) is 5.69 Å². The van der Waals surface area contributed by atoms with Crippen molar-refractivity contribution in [3.05, 3.63) is 23.8 Å². The number of Topliss-reactive ketones (excluding diaryl/α,β-unsaturated/α-hetero) is 1. The van der Waals surface area contributed by atoms with Crippen LogP contribution in [0.15, 0.2) is 23.1 Å². The van der Waals surface area contributed by atoms with Crippen LogP contribution in [0.1, 0.15) is 10.4 Å². The number of thiol groups is 1. The Labute approximate surface area is 81.1 Å². The van der Waals surface area contributed by atoms with Gasteiger partial charge in [-0.25, -0.2) is 0 Å². The number of carbonyl (C=O) groups is 1. The fraction of sp³-hybridized carbons (Fsp3) is 0.125. The van der Waals surface area contributed by atoms with E-state index in [0.29, 0.717) is 16.1 Å². The van der Waals surface area contributed by atoms with Crippen molar-refractivity contribution in [2.75, 3.05) is 11.6 Å². The molecular weight excluding hydrogens is 194 g/mol. The molecular formula is C8H8ClNOS. The molecule has 0 radical (unpaired) electrons. The second kappa shape index (κ2) is 3.83. The first kappa shape index (κ1) is 9.42. The zero-order valence-corrected chi connectivity index (χ0v) is 7.90. The van der Waals surface area contributed by atoms with E-state index in [-0.39, 0.29) is 11.7 Å². The fourth-order valence-electron chi connectivity index (χ4n) is 0.868. The van der Waals surface area contributed by atoms with Crippen LogP contribution in [0, 0.1) is 0 Å². The molecule has 64 valence electrons.